The summed E-state index contributed by atoms with van der Waals surface area (Å²) in [7, 11) is 0. The number of hydrogen-bond acceptors (Lipinski definition) is 5. The van der Waals surface area contributed by atoms with Crippen molar-refractivity contribution in [3.8, 4) is 6.07 Å². The van der Waals surface area contributed by atoms with E-state index in [1.54, 1.807) is 12.1 Å². The Morgan fingerprint density at radius 3 is 2.77 bits per heavy atom. The van der Waals surface area contributed by atoms with Crippen molar-refractivity contribution >= 4 is 11.6 Å². The van der Waals surface area contributed by atoms with Crippen LogP contribution in [-0.2, 0) is 10.2 Å². The number of anilines is 1. The molecule has 1 aromatic heterocycles. The van der Waals surface area contributed by atoms with Gasteiger partial charge in [0.25, 0.3) is 0 Å². The molecular formula is C28H31FN4O2. The Labute approximate surface area is 204 Å². The van der Waals surface area contributed by atoms with E-state index >= 15 is 0 Å². The van der Waals surface area contributed by atoms with E-state index in [4.69, 9.17) is 9.51 Å². The van der Waals surface area contributed by atoms with Crippen molar-refractivity contribution in [3.63, 3.8) is 0 Å². The van der Waals surface area contributed by atoms with Gasteiger partial charge in [0.2, 0.25) is 11.8 Å². The van der Waals surface area contributed by atoms with E-state index in [-0.39, 0.29) is 11.3 Å². The molecule has 3 unspecified atom stereocenters. The molecule has 1 amide bonds. The molecule has 0 radical (unpaired) electrons. The predicted octanol–water partition coefficient (Wildman–Crippen LogP) is 5.58. The van der Waals surface area contributed by atoms with E-state index in [0.717, 1.165) is 55.9 Å². The van der Waals surface area contributed by atoms with Gasteiger partial charge in [-0.2, -0.15) is 10.2 Å². The van der Waals surface area contributed by atoms with Gasteiger partial charge in [0.05, 0.1) is 17.0 Å². The van der Waals surface area contributed by atoms with Crippen molar-refractivity contribution in [3.05, 3.63) is 41.5 Å². The Bertz CT molecular complexity index is 1210. The normalized spacial score (nSPS) is 37.0. The number of benzene rings is 1. The lowest BCUT2D eigenvalue weighted by atomic mass is 9.42. The standard InChI is InChI=1S/C28H31FN4O2/c29-28-15-27(16-28,17-28)25(34)33(22-5-1-3-18(11-22)13-30)14-21-8-10-26(9-2-4-20(21)12-26)24-31-23(32-35-24)19-6-7-19/h1,3,5,11,19-21H,2,4,6-10,12,14-17H2. The SMILES string of the molecule is N#Cc1cccc(N(CC2CCC3(c4nc(C5CC5)no4)CCCC2C3)C(=O)C23CC(F)(C2)C3)c1. The molecule has 182 valence electrons. The van der Waals surface area contributed by atoms with E-state index in [1.807, 2.05) is 17.0 Å². The minimum Gasteiger partial charge on any atom is -0.339 e. The second-order valence-corrected chi connectivity index (χ2v) is 12.2. The number of nitrogens with zero attached hydrogens (tertiary/aromatic N) is 4. The molecule has 0 aliphatic heterocycles. The molecule has 0 spiro atoms. The van der Waals surface area contributed by atoms with Gasteiger partial charge in [0, 0.05) is 23.6 Å². The number of hydrogen-bond donors (Lipinski definition) is 0. The molecule has 2 aromatic rings. The highest BCUT2D eigenvalue weighted by Gasteiger charge is 2.73. The zero-order chi connectivity index (χ0) is 23.8. The average Bonchev–Trinajstić information content (AvgIpc) is 3.56. The molecule has 6 aliphatic carbocycles. The van der Waals surface area contributed by atoms with Crippen molar-refractivity contribution < 1.29 is 13.7 Å². The van der Waals surface area contributed by atoms with Gasteiger partial charge in [0.1, 0.15) is 5.67 Å². The molecule has 6 fully saturated rings. The number of fused-ring (bicyclic) bond motifs is 2. The smallest absolute Gasteiger partial charge is 0.233 e. The van der Waals surface area contributed by atoms with Crippen LogP contribution < -0.4 is 4.90 Å². The van der Waals surface area contributed by atoms with Gasteiger partial charge >= 0.3 is 0 Å². The van der Waals surface area contributed by atoms with E-state index in [1.165, 1.54) is 12.8 Å². The van der Waals surface area contributed by atoms with Crippen LogP contribution in [0.15, 0.2) is 28.8 Å². The minimum absolute atomic E-state index is 0.0242. The lowest BCUT2D eigenvalue weighted by Gasteiger charge is -2.65. The number of nitriles is 1. The summed E-state index contributed by atoms with van der Waals surface area (Å²) in [6, 6.07) is 9.53. The fourth-order valence-corrected chi connectivity index (χ4v) is 7.70. The summed E-state index contributed by atoms with van der Waals surface area (Å²) in [6.07, 6.45) is 9.80. The molecule has 0 N–H and O–H groups in total. The fourth-order valence-electron chi connectivity index (χ4n) is 7.70. The molecule has 7 heteroatoms. The number of amides is 1. The summed E-state index contributed by atoms with van der Waals surface area (Å²) >= 11 is 0. The minimum atomic E-state index is -1.12. The van der Waals surface area contributed by atoms with Crippen molar-refractivity contribution in [1.82, 2.24) is 10.1 Å². The Morgan fingerprint density at radius 2 is 2.03 bits per heavy atom. The summed E-state index contributed by atoms with van der Waals surface area (Å²) < 4.78 is 20.1. The predicted molar refractivity (Wildman–Crippen MR) is 126 cm³/mol. The van der Waals surface area contributed by atoms with Crippen molar-refractivity contribution in [2.75, 3.05) is 11.4 Å². The molecule has 6 nitrogen and oxygen atoms in total. The second-order valence-electron chi connectivity index (χ2n) is 12.2. The van der Waals surface area contributed by atoms with Gasteiger partial charge in [-0.25, -0.2) is 4.39 Å². The molecule has 35 heavy (non-hydrogen) atoms. The van der Waals surface area contributed by atoms with Crippen LogP contribution in [0.25, 0.3) is 0 Å². The third-order valence-electron chi connectivity index (χ3n) is 9.75. The first-order valence-electron chi connectivity index (χ1n) is 13.3. The van der Waals surface area contributed by atoms with Crippen LogP contribution in [0.2, 0.25) is 0 Å². The molecule has 6 aliphatic rings. The van der Waals surface area contributed by atoms with E-state index in [9.17, 15) is 14.4 Å². The Balaban J connectivity index is 1.14. The van der Waals surface area contributed by atoms with Gasteiger partial charge in [-0.3, -0.25) is 4.79 Å². The maximum Gasteiger partial charge on any atom is 0.233 e. The summed E-state index contributed by atoms with van der Waals surface area (Å²) in [5.41, 5.74) is -0.365. The first-order chi connectivity index (χ1) is 16.9. The van der Waals surface area contributed by atoms with Crippen LogP contribution in [0.5, 0.6) is 0 Å². The van der Waals surface area contributed by atoms with E-state index in [2.05, 4.69) is 11.2 Å². The summed E-state index contributed by atoms with van der Waals surface area (Å²) in [4.78, 5) is 20.5. The summed E-state index contributed by atoms with van der Waals surface area (Å²) in [6.45, 7) is 0.632. The highest BCUT2D eigenvalue weighted by atomic mass is 19.1. The molecule has 3 atom stereocenters. The van der Waals surface area contributed by atoms with Crippen molar-refractivity contribution in [2.24, 2.45) is 17.3 Å². The number of carbonyl (C=O) groups excluding carboxylic acids is 1. The molecule has 0 saturated heterocycles. The third-order valence-corrected chi connectivity index (χ3v) is 9.75. The van der Waals surface area contributed by atoms with Crippen LogP contribution in [0.1, 0.15) is 93.8 Å². The van der Waals surface area contributed by atoms with E-state index < -0.39 is 11.1 Å². The summed E-state index contributed by atoms with van der Waals surface area (Å²) in [5, 5.41) is 13.7. The van der Waals surface area contributed by atoms with Crippen LogP contribution in [0.3, 0.4) is 0 Å². The number of halogens is 1. The van der Waals surface area contributed by atoms with Crippen molar-refractivity contribution in [2.45, 2.75) is 87.6 Å². The zero-order valence-electron chi connectivity index (χ0n) is 20.0. The largest absolute Gasteiger partial charge is 0.339 e. The molecule has 4 bridgehead atoms. The molecule has 8 rings (SSSR count). The lowest BCUT2D eigenvalue weighted by Crippen LogP contribution is -2.70. The molecule has 6 saturated carbocycles. The number of aromatic nitrogens is 2. The topological polar surface area (TPSA) is 83.0 Å². The zero-order valence-corrected chi connectivity index (χ0v) is 20.0. The first kappa shape index (κ1) is 21.5. The van der Waals surface area contributed by atoms with E-state index in [0.29, 0.717) is 49.1 Å². The molecule has 1 aromatic carbocycles. The van der Waals surface area contributed by atoms with Crippen LogP contribution in [0, 0.1) is 28.6 Å². The number of alkyl halides is 1. The maximum absolute atomic E-state index is 14.3. The second kappa shape index (κ2) is 7.38. The highest BCUT2D eigenvalue weighted by Crippen LogP contribution is 2.70. The molecular weight excluding hydrogens is 443 g/mol. The maximum atomic E-state index is 14.3. The highest BCUT2D eigenvalue weighted by molar-refractivity contribution is 6.00. The first-order valence-corrected chi connectivity index (χ1v) is 13.3. The van der Waals surface area contributed by atoms with Crippen LogP contribution >= 0.6 is 0 Å². The van der Waals surface area contributed by atoms with Gasteiger partial charge in [-0.15, -0.1) is 0 Å². The van der Waals surface area contributed by atoms with Crippen LogP contribution in [-0.4, -0.2) is 28.3 Å². The Kier molecular flexibility index (Phi) is 4.54. The molecule has 1 heterocycles. The lowest BCUT2D eigenvalue weighted by molar-refractivity contribution is -0.211. The van der Waals surface area contributed by atoms with Crippen molar-refractivity contribution in [1.29, 1.82) is 5.26 Å². The third kappa shape index (κ3) is 3.36. The van der Waals surface area contributed by atoms with Gasteiger partial charge in [-0.1, -0.05) is 24.1 Å². The van der Waals surface area contributed by atoms with Gasteiger partial charge in [-0.05, 0) is 87.8 Å². The quantitative estimate of drug-likeness (QED) is 0.546. The monoisotopic (exact) mass is 474 g/mol. The number of carbonyl (C=O) groups is 1. The van der Waals surface area contributed by atoms with Gasteiger partial charge < -0.3 is 9.42 Å². The fraction of sp³-hybridized carbons (Fsp3) is 0.643. The number of rotatable bonds is 6. The van der Waals surface area contributed by atoms with Gasteiger partial charge in [0.15, 0.2) is 5.82 Å². The Morgan fingerprint density at radius 1 is 1.20 bits per heavy atom. The summed E-state index contributed by atoms with van der Waals surface area (Å²) in [5.74, 6) is 3.12. The van der Waals surface area contributed by atoms with Crippen LogP contribution in [0.4, 0.5) is 10.1 Å². The Hall–Kier alpha value is -2.75. The average molecular weight is 475 g/mol.